The number of hydrogen-bond donors (Lipinski definition) is 2. The van der Waals surface area contributed by atoms with E-state index in [1.807, 2.05) is 4.68 Å². The number of methoxy groups -OCH3 is 2. The van der Waals surface area contributed by atoms with Gasteiger partial charge in [-0.25, -0.2) is 4.68 Å². The number of hydrogen-bond acceptors (Lipinski definition) is 5. The summed E-state index contributed by atoms with van der Waals surface area (Å²) in [6, 6.07) is 11.6. The predicted molar refractivity (Wildman–Crippen MR) is 133 cm³/mol. The Morgan fingerprint density at radius 3 is 2.42 bits per heavy atom. The lowest BCUT2D eigenvalue weighted by atomic mass is 9.91. The fourth-order valence-corrected chi connectivity index (χ4v) is 4.20. The molecule has 3 aromatic rings. The molecule has 8 heteroatoms. The van der Waals surface area contributed by atoms with Crippen LogP contribution in [0.5, 0.6) is 11.5 Å². The quantitative estimate of drug-likeness (QED) is 0.548. The standard InChI is InChI=1S/C25H30N4O3.ClH/c1-16-5-7-20(13-17(16)2)29-24(18-9-11-26-12-10-18)21(15-27-29)25(30)28-19-6-8-22(31-3)23(14-19)32-4;/h5-8,13-15,18,26H,9-12H2,1-4H3,(H,28,30);1H. The van der Waals surface area contributed by atoms with E-state index in [0.29, 0.717) is 22.7 Å². The zero-order valence-corrected chi connectivity index (χ0v) is 20.3. The summed E-state index contributed by atoms with van der Waals surface area (Å²) < 4.78 is 12.6. The van der Waals surface area contributed by atoms with Crippen molar-refractivity contribution in [2.45, 2.75) is 32.6 Å². The number of piperidine rings is 1. The molecule has 0 radical (unpaired) electrons. The molecular weight excluding hydrogens is 440 g/mol. The Balaban J connectivity index is 0.00000306. The van der Waals surface area contributed by atoms with Gasteiger partial charge in [-0.1, -0.05) is 6.07 Å². The molecule has 0 bridgehead atoms. The second kappa shape index (κ2) is 10.7. The maximum Gasteiger partial charge on any atom is 0.259 e. The van der Waals surface area contributed by atoms with E-state index in [2.05, 4.69) is 47.8 Å². The second-order valence-corrected chi connectivity index (χ2v) is 8.17. The van der Waals surface area contributed by atoms with Gasteiger partial charge in [-0.15, -0.1) is 12.4 Å². The Hall–Kier alpha value is -3.03. The minimum atomic E-state index is -0.180. The van der Waals surface area contributed by atoms with Crippen LogP contribution in [0.25, 0.3) is 5.69 Å². The van der Waals surface area contributed by atoms with Crippen LogP contribution in [0.4, 0.5) is 5.69 Å². The number of nitrogens with one attached hydrogen (secondary N) is 2. The molecule has 0 spiro atoms. The molecular formula is C25H31ClN4O3. The number of anilines is 1. The maximum absolute atomic E-state index is 13.3. The van der Waals surface area contributed by atoms with Crippen LogP contribution in [-0.4, -0.2) is 43.0 Å². The first-order chi connectivity index (χ1) is 15.5. The highest BCUT2D eigenvalue weighted by Crippen LogP contribution is 2.33. The third-order valence-corrected chi connectivity index (χ3v) is 6.15. The zero-order valence-electron chi connectivity index (χ0n) is 19.5. The smallest absolute Gasteiger partial charge is 0.259 e. The van der Waals surface area contributed by atoms with Gasteiger partial charge in [-0.05, 0) is 75.2 Å². The van der Waals surface area contributed by atoms with Gasteiger partial charge in [-0.2, -0.15) is 5.10 Å². The van der Waals surface area contributed by atoms with Crippen LogP contribution in [0.3, 0.4) is 0 Å². The minimum Gasteiger partial charge on any atom is -0.493 e. The van der Waals surface area contributed by atoms with Crippen LogP contribution < -0.4 is 20.1 Å². The molecule has 1 saturated heterocycles. The summed E-state index contributed by atoms with van der Waals surface area (Å²) in [5, 5.41) is 11.1. The monoisotopic (exact) mass is 470 g/mol. The summed E-state index contributed by atoms with van der Waals surface area (Å²) in [6.07, 6.45) is 3.61. The van der Waals surface area contributed by atoms with E-state index >= 15 is 0 Å². The lowest BCUT2D eigenvalue weighted by Crippen LogP contribution is -2.29. The number of carbonyl (C=O) groups excluding carboxylic acids is 1. The first-order valence-corrected chi connectivity index (χ1v) is 10.9. The molecule has 176 valence electrons. The van der Waals surface area contributed by atoms with E-state index in [4.69, 9.17) is 9.47 Å². The number of aryl methyl sites for hydroxylation is 2. The normalized spacial score (nSPS) is 13.8. The summed E-state index contributed by atoms with van der Waals surface area (Å²) in [7, 11) is 3.16. The van der Waals surface area contributed by atoms with Gasteiger partial charge in [0.05, 0.1) is 37.4 Å². The van der Waals surface area contributed by atoms with E-state index in [1.165, 1.54) is 11.1 Å². The molecule has 0 unspecified atom stereocenters. The molecule has 2 heterocycles. The highest BCUT2D eigenvalue weighted by Gasteiger charge is 2.27. The lowest BCUT2D eigenvalue weighted by Gasteiger charge is -2.25. The van der Waals surface area contributed by atoms with Crippen LogP contribution in [0.1, 0.15) is 45.9 Å². The van der Waals surface area contributed by atoms with Crippen LogP contribution >= 0.6 is 12.4 Å². The Bertz CT molecular complexity index is 1120. The number of rotatable bonds is 6. The number of nitrogens with zero attached hydrogens (tertiary/aromatic N) is 2. The predicted octanol–water partition coefficient (Wildman–Crippen LogP) is 4.65. The van der Waals surface area contributed by atoms with Gasteiger partial charge in [0, 0.05) is 17.7 Å². The first-order valence-electron chi connectivity index (χ1n) is 10.9. The van der Waals surface area contributed by atoms with E-state index in [9.17, 15) is 4.79 Å². The Labute approximate surface area is 200 Å². The minimum absolute atomic E-state index is 0. The fraction of sp³-hybridized carbons (Fsp3) is 0.360. The average Bonchev–Trinajstić information content (AvgIpc) is 3.26. The largest absolute Gasteiger partial charge is 0.493 e. The van der Waals surface area contributed by atoms with Crippen molar-refractivity contribution in [2.75, 3.05) is 32.6 Å². The van der Waals surface area contributed by atoms with Gasteiger partial charge in [0.2, 0.25) is 0 Å². The molecule has 1 aromatic heterocycles. The Morgan fingerprint density at radius 2 is 1.76 bits per heavy atom. The zero-order chi connectivity index (χ0) is 22.7. The number of ether oxygens (including phenoxy) is 2. The highest BCUT2D eigenvalue weighted by molar-refractivity contribution is 6.05. The van der Waals surface area contributed by atoms with Crippen molar-refractivity contribution >= 4 is 24.0 Å². The molecule has 1 fully saturated rings. The van der Waals surface area contributed by atoms with Crippen molar-refractivity contribution in [1.29, 1.82) is 0 Å². The summed E-state index contributed by atoms with van der Waals surface area (Å²) in [5.74, 6) is 1.26. The molecule has 1 amide bonds. The topological polar surface area (TPSA) is 77.4 Å². The molecule has 0 aliphatic carbocycles. The number of benzene rings is 2. The van der Waals surface area contributed by atoms with Gasteiger partial charge >= 0.3 is 0 Å². The van der Waals surface area contributed by atoms with Crippen molar-refractivity contribution in [2.24, 2.45) is 0 Å². The average molecular weight is 471 g/mol. The van der Waals surface area contributed by atoms with Crippen molar-refractivity contribution < 1.29 is 14.3 Å². The molecule has 1 aliphatic heterocycles. The fourth-order valence-electron chi connectivity index (χ4n) is 4.20. The molecule has 0 saturated carbocycles. The SMILES string of the molecule is COc1ccc(NC(=O)c2cnn(-c3ccc(C)c(C)c3)c2C2CCNCC2)cc1OC.Cl. The van der Waals surface area contributed by atoms with Crippen molar-refractivity contribution in [3.05, 3.63) is 65.0 Å². The molecule has 1 aliphatic rings. The van der Waals surface area contributed by atoms with Crippen LogP contribution in [0.15, 0.2) is 42.6 Å². The van der Waals surface area contributed by atoms with Crippen LogP contribution in [-0.2, 0) is 0 Å². The van der Waals surface area contributed by atoms with Gasteiger partial charge < -0.3 is 20.1 Å². The number of halogens is 1. The summed E-state index contributed by atoms with van der Waals surface area (Å²) in [5.41, 5.74) is 5.62. The number of amides is 1. The van der Waals surface area contributed by atoms with Gasteiger partial charge in [0.1, 0.15) is 0 Å². The van der Waals surface area contributed by atoms with Crippen molar-refractivity contribution in [3.8, 4) is 17.2 Å². The Morgan fingerprint density at radius 1 is 1.03 bits per heavy atom. The van der Waals surface area contributed by atoms with E-state index in [0.717, 1.165) is 37.3 Å². The van der Waals surface area contributed by atoms with Gasteiger partial charge in [0.15, 0.2) is 11.5 Å². The molecule has 4 rings (SSSR count). The third-order valence-electron chi connectivity index (χ3n) is 6.15. The molecule has 0 atom stereocenters. The highest BCUT2D eigenvalue weighted by atomic mass is 35.5. The number of aromatic nitrogens is 2. The van der Waals surface area contributed by atoms with Crippen LogP contribution in [0.2, 0.25) is 0 Å². The van der Waals surface area contributed by atoms with Crippen molar-refractivity contribution in [1.82, 2.24) is 15.1 Å². The van der Waals surface area contributed by atoms with Gasteiger partial charge in [0.25, 0.3) is 5.91 Å². The molecule has 7 nitrogen and oxygen atoms in total. The van der Waals surface area contributed by atoms with Crippen molar-refractivity contribution in [3.63, 3.8) is 0 Å². The molecule has 33 heavy (non-hydrogen) atoms. The third kappa shape index (κ3) is 5.15. The number of carbonyl (C=O) groups is 1. The maximum atomic E-state index is 13.3. The van der Waals surface area contributed by atoms with E-state index < -0.39 is 0 Å². The van der Waals surface area contributed by atoms with E-state index in [-0.39, 0.29) is 24.2 Å². The molecule has 2 aromatic carbocycles. The summed E-state index contributed by atoms with van der Waals surface area (Å²) in [6.45, 7) is 6.05. The lowest BCUT2D eigenvalue weighted by molar-refractivity contribution is 0.102. The van der Waals surface area contributed by atoms with E-state index in [1.54, 1.807) is 38.6 Å². The second-order valence-electron chi connectivity index (χ2n) is 8.17. The Kier molecular flexibility index (Phi) is 8.00. The summed E-state index contributed by atoms with van der Waals surface area (Å²) in [4.78, 5) is 13.3. The molecule has 2 N–H and O–H groups in total. The van der Waals surface area contributed by atoms with Crippen LogP contribution in [0, 0.1) is 13.8 Å². The first kappa shape index (κ1) is 24.6. The van der Waals surface area contributed by atoms with Gasteiger partial charge in [-0.3, -0.25) is 4.79 Å². The summed E-state index contributed by atoms with van der Waals surface area (Å²) >= 11 is 0.